The van der Waals surface area contributed by atoms with Crippen molar-refractivity contribution in [2.45, 2.75) is 32.6 Å². The quantitative estimate of drug-likeness (QED) is 0.601. The molecule has 1 radical (unpaired) electrons. The fourth-order valence-corrected chi connectivity index (χ4v) is 1.79. The highest BCUT2D eigenvalue weighted by atomic mass is 16.5. The van der Waals surface area contributed by atoms with Gasteiger partial charge in [-0.25, -0.2) is 0 Å². The Kier molecular flexibility index (Phi) is 3.09. The van der Waals surface area contributed by atoms with Crippen molar-refractivity contribution in [1.29, 1.82) is 0 Å². The largest absolute Gasteiger partial charge is 0.466 e. The average Bonchev–Trinajstić information content (AvgIpc) is 2.54. The summed E-state index contributed by atoms with van der Waals surface area (Å²) in [5, 5.41) is 0. The number of ether oxygens (including phenoxy) is 1. The van der Waals surface area contributed by atoms with Gasteiger partial charge in [0.2, 0.25) is 0 Å². The summed E-state index contributed by atoms with van der Waals surface area (Å²) in [5.74, 6) is -0.155. The van der Waals surface area contributed by atoms with E-state index in [1.54, 1.807) is 0 Å². The second-order valence-corrected chi connectivity index (χ2v) is 3.38. The minimum absolute atomic E-state index is 0.155. The molecular formula is C9H16NO2. The van der Waals surface area contributed by atoms with E-state index < -0.39 is 5.41 Å². The lowest BCUT2D eigenvalue weighted by molar-refractivity contribution is -0.154. The fraction of sp³-hybridized carbons (Fsp3) is 0.889. The second-order valence-electron chi connectivity index (χ2n) is 3.38. The van der Waals surface area contributed by atoms with Gasteiger partial charge in [-0.05, 0) is 19.8 Å². The van der Waals surface area contributed by atoms with Crippen molar-refractivity contribution >= 4 is 5.97 Å². The van der Waals surface area contributed by atoms with Crippen LogP contribution in [0, 0.1) is 5.41 Å². The minimum atomic E-state index is -0.448. The predicted molar refractivity (Wildman–Crippen MR) is 45.5 cm³/mol. The summed E-state index contributed by atoms with van der Waals surface area (Å²) in [5.41, 5.74) is 6.91. The summed E-state index contributed by atoms with van der Waals surface area (Å²) in [6, 6.07) is 0. The van der Waals surface area contributed by atoms with Crippen LogP contribution in [0.5, 0.6) is 0 Å². The van der Waals surface area contributed by atoms with E-state index in [0.717, 1.165) is 25.7 Å². The number of esters is 1. The molecule has 1 fully saturated rings. The zero-order valence-corrected chi connectivity index (χ0v) is 7.56. The summed E-state index contributed by atoms with van der Waals surface area (Å²) in [6.45, 7) is 2.43. The van der Waals surface area contributed by atoms with Gasteiger partial charge in [0, 0.05) is 6.54 Å². The van der Waals surface area contributed by atoms with Crippen molar-refractivity contribution < 1.29 is 9.53 Å². The lowest BCUT2D eigenvalue weighted by Gasteiger charge is -2.23. The van der Waals surface area contributed by atoms with Crippen molar-refractivity contribution in [3.63, 3.8) is 0 Å². The van der Waals surface area contributed by atoms with Gasteiger partial charge in [0.25, 0.3) is 0 Å². The number of rotatable bonds is 3. The minimum Gasteiger partial charge on any atom is -0.466 e. The van der Waals surface area contributed by atoms with Gasteiger partial charge < -0.3 is 4.74 Å². The summed E-state index contributed by atoms with van der Waals surface area (Å²) in [4.78, 5) is 11.5. The van der Waals surface area contributed by atoms with Gasteiger partial charge in [-0.1, -0.05) is 12.8 Å². The van der Waals surface area contributed by atoms with Crippen LogP contribution in [-0.4, -0.2) is 19.1 Å². The first kappa shape index (κ1) is 9.52. The van der Waals surface area contributed by atoms with Gasteiger partial charge in [-0.15, -0.1) is 0 Å². The van der Waals surface area contributed by atoms with Crippen LogP contribution in [0.15, 0.2) is 0 Å². The molecule has 0 bridgehead atoms. The molecule has 0 aliphatic heterocycles. The highest BCUT2D eigenvalue weighted by Gasteiger charge is 2.41. The van der Waals surface area contributed by atoms with Gasteiger partial charge in [0.15, 0.2) is 0 Å². The third-order valence-corrected chi connectivity index (χ3v) is 2.61. The zero-order chi connectivity index (χ0) is 9.03. The summed E-state index contributed by atoms with van der Waals surface area (Å²) >= 11 is 0. The van der Waals surface area contributed by atoms with Crippen LogP contribution in [0.1, 0.15) is 32.6 Å². The van der Waals surface area contributed by atoms with Gasteiger partial charge in [-0.2, -0.15) is 0 Å². The summed E-state index contributed by atoms with van der Waals surface area (Å²) in [7, 11) is 0. The topological polar surface area (TPSA) is 50.1 Å². The molecule has 1 aliphatic rings. The van der Waals surface area contributed by atoms with Gasteiger partial charge in [0.1, 0.15) is 0 Å². The first-order valence-electron chi connectivity index (χ1n) is 4.57. The van der Waals surface area contributed by atoms with E-state index in [0.29, 0.717) is 6.61 Å². The Bertz CT molecular complexity index is 162. The van der Waals surface area contributed by atoms with Gasteiger partial charge >= 0.3 is 5.97 Å². The van der Waals surface area contributed by atoms with Crippen molar-refractivity contribution in [1.82, 2.24) is 5.73 Å². The molecule has 12 heavy (non-hydrogen) atoms. The second kappa shape index (κ2) is 3.90. The maximum Gasteiger partial charge on any atom is 0.313 e. The molecule has 1 saturated carbocycles. The van der Waals surface area contributed by atoms with Crippen molar-refractivity contribution in [3.8, 4) is 0 Å². The van der Waals surface area contributed by atoms with Gasteiger partial charge in [0.05, 0.1) is 12.0 Å². The molecule has 69 valence electrons. The number of hydrogen-bond donors (Lipinski definition) is 0. The Hall–Kier alpha value is -0.570. The monoisotopic (exact) mass is 170 g/mol. The summed E-state index contributed by atoms with van der Waals surface area (Å²) < 4.78 is 4.96. The normalized spacial score (nSPS) is 20.8. The standard InChI is InChI=1S/C9H16NO2/c1-2-12-8(11)9(7-10)5-3-4-6-9/h10H,2-7H2,1H3. The SMILES string of the molecule is CCOC(=O)C1(C[NH])CCCC1. The fourth-order valence-electron chi connectivity index (χ4n) is 1.79. The third kappa shape index (κ3) is 1.61. The molecule has 0 aromatic rings. The molecule has 3 heteroatoms. The molecule has 1 rings (SSSR count). The van der Waals surface area contributed by atoms with E-state index in [1.165, 1.54) is 0 Å². The molecule has 0 amide bonds. The van der Waals surface area contributed by atoms with E-state index in [1.807, 2.05) is 6.92 Å². The molecule has 0 saturated heterocycles. The lowest BCUT2D eigenvalue weighted by atomic mass is 9.86. The van der Waals surface area contributed by atoms with Crippen LogP contribution in [0.4, 0.5) is 0 Å². The number of carbonyl (C=O) groups is 1. The zero-order valence-electron chi connectivity index (χ0n) is 7.56. The molecule has 1 aliphatic carbocycles. The molecule has 0 unspecified atom stereocenters. The number of nitrogens with one attached hydrogen (secondary N) is 1. The highest BCUT2D eigenvalue weighted by Crippen LogP contribution is 2.38. The maximum absolute atomic E-state index is 11.5. The number of hydrogen-bond acceptors (Lipinski definition) is 2. The molecule has 0 aromatic carbocycles. The Balaban J connectivity index is 2.59. The van der Waals surface area contributed by atoms with Crippen LogP contribution in [0.3, 0.4) is 0 Å². The van der Waals surface area contributed by atoms with Crippen LogP contribution in [0.2, 0.25) is 0 Å². The van der Waals surface area contributed by atoms with Gasteiger partial charge in [-0.3, -0.25) is 10.5 Å². The van der Waals surface area contributed by atoms with Crippen LogP contribution < -0.4 is 5.73 Å². The van der Waals surface area contributed by atoms with Crippen LogP contribution in [0.25, 0.3) is 0 Å². The van der Waals surface area contributed by atoms with E-state index in [4.69, 9.17) is 10.5 Å². The first-order chi connectivity index (χ1) is 5.75. The van der Waals surface area contributed by atoms with E-state index in [9.17, 15) is 4.79 Å². The van der Waals surface area contributed by atoms with Crippen LogP contribution in [-0.2, 0) is 9.53 Å². The van der Waals surface area contributed by atoms with E-state index >= 15 is 0 Å². The average molecular weight is 170 g/mol. The molecule has 0 aromatic heterocycles. The Morgan fingerprint density at radius 2 is 2.08 bits per heavy atom. The van der Waals surface area contributed by atoms with E-state index in [-0.39, 0.29) is 12.5 Å². The Morgan fingerprint density at radius 1 is 1.50 bits per heavy atom. The first-order valence-corrected chi connectivity index (χ1v) is 4.57. The lowest BCUT2D eigenvalue weighted by Crippen LogP contribution is -2.34. The van der Waals surface area contributed by atoms with Crippen molar-refractivity contribution in [2.24, 2.45) is 5.41 Å². The molecule has 0 atom stereocenters. The predicted octanol–water partition coefficient (Wildman–Crippen LogP) is 1.39. The Morgan fingerprint density at radius 3 is 2.50 bits per heavy atom. The molecule has 0 heterocycles. The molecule has 0 spiro atoms. The van der Waals surface area contributed by atoms with Crippen LogP contribution >= 0.6 is 0 Å². The Labute approximate surface area is 73.3 Å². The van der Waals surface area contributed by atoms with Crippen molar-refractivity contribution in [3.05, 3.63) is 0 Å². The molecular weight excluding hydrogens is 154 g/mol. The summed E-state index contributed by atoms with van der Waals surface area (Å²) in [6.07, 6.45) is 3.82. The highest BCUT2D eigenvalue weighted by molar-refractivity contribution is 5.77. The maximum atomic E-state index is 11.5. The van der Waals surface area contributed by atoms with E-state index in [2.05, 4.69) is 0 Å². The third-order valence-electron chi connectivity index (χ3n) is 2.61. The molecule has 3 nitrogen and oxygen atoms in total. The molecule has 1 N–H and O–H groups in total. The smallest absolute Gasteiger partial charge is 0.313 e. The number of carbonyl (C=O) groups excluding carboxylic acids is 1. The van der Waals surface area contributed by atoms with Crippen molar-refractivity contribution in [2.75, 3.05) is 13.2 Å².